The average molecular weight is 189 g/mol. The molecule has 0 saturated heterocycles. The molecule has 2 N–H and O–H groups in total. The number of ether oxygens (including phenoxy) is 1. The third-order valence-corrected chi connectivity index (χ3v) is 2.05. The molecule has 0 heterocycles. The van der Waals surface area contributed by atoms with Crippen molar-refractivity contribution in [2.75, 3.05) is 13.7 Å². The lowest BCUT2D eigenvalue weighted by atomic mass is 10.1. The highest BCUT2D eigenvalue weighted by atomic mass is 16.5. The molecule has 78 valence electrons. The molecule has 1 unspecified atom stereocenters. The van der Waals surface area contributed by atoms with Crippen molar-refractivity contribution < 1.29 is 14.6 Å². The van der Waals surface area contributed by atoms with Crippen molar-refractivity contribution in [1.82, 2.24) is 5.32 Å². The van der Waals surface area contributed by atoms with Crippen molar-refractivity contribution in [2.24, 2.45) is 0 Å². The second-order valence-electron chi connectivity index (χ2n) is 3.03. The summed E-state index contributed by atoms with van der Waals surface area (Å²) in [5, 5.41) is 11.8. The minimum absolute atomic E-state index is 0.214. The molecule has 0 amide bonds. The lowest BCUT2D eigenvalue weighted by Gasteiger charge is -2.20. The summed E-state index contributed by atoms with van der Waals surface area (Å²) in [5.41, 5.74) is 0. The van der Waals surface area contributed by atoms with E-state index in [1.54, 1.807) is 0 Å². The van der Waals surface area contributed by atoms with Gasteiger partial charge in [0.05, 0.1) is 6.61 Å². The molecule has 4 nitrogen and oxygen atoms in total. The Balaban J connectivity index is 3.99. The lowest BCUT2D eigenvalue weighted by molar-refractivity contribution is -0.141. The quantitative estimate of drug-likeness (QED) is 0.623. The summed E-state index contributed by atoms with van der Waals surface area (Å²) < 4.78 is 4.81. The van der Waals surface area contributed by atoms with E-state index in [1.165, 1.54) is 7.11 Å². The van der Waals surface area contributed by atoms with Crippen molar-refractivity contribution in [3.05, 3.63) is 0 Å². The zero-order valence-corrected chi connectivity index (χ0v) is 8.54. The Bertz CT molecular complexity index is 146. The molecular formula is C9H19NO3. The maximum absolute atomic E-state index is 10.7. The van der Waals surface area contributed by atoms with Crippen LogP contribution in [0.2, 0.25) is 0 Å². The predicted octanol–water partition coefficient (Wildman–Crippen LogP) is 0.864. The van der Waals surface area contributed by atoms with E-state index < -0.39 is 12.0 Å². The van der Waals surface area contributed by atoms with Gasteiger partial charge in [-0.2, -0.15) is 0 Å². The molecule has 0 rings (SSSR count). The number of carboxylic acid groups (broad SMARTS) is 1. The van der Waals surface area contributed by atoms with Crippen molar-refractivity contribution in [1.29, 1.82) is 0 Å². The van der Waals surface area contributed by atoms with E-state index in [1.807, 2.05) is 13.8 Å². The SMILES string of the molecule is CCC(CC)NC(COC)C(=O)O. The first-order valence-electron chi connectivity index (χ1n) is 4.63. The maximum Gasteiger partial charge on any atom is 0.323 e. The molecule has 1 atom stereocenters. The summed E-state index contributed by atoms with van der Waals surface area (Å²) in [6.07, 6.45) is 1.87. The van der Waals surface area contributed by atoms with Crippen LogP contribution in [0.1, 0.15) is 26.7 Å². The zero-order chi connectivity index (χ0) is 10.3. The van der Waals surface area contributed by atoms with Gasteiger partial charge in [0.25, 0.3) is 0 Å². The summed E-state index contributed by atoms with van der Waals surface area (Å²) in [4.78, 5) is 10.7. The average Bonchev–Trinajstić information content (AvgIpc) is 2.11. The fraction of sp³-hybridized carbons (Fsp3) is 0.889. The normalized spacial score (nSPS) is 13.2. The fourth-order valence-corrected chi connectivity index (χ4v) is 1.17. The predicted molar refractivity (Wildman–Crippen MR) is 50.8 cm³/mol. The molecule has 0 radical (unpaired) electrons. The zero-order valence-electron chi connectivity index (χ0n) is 8.54. The maximum atomic E-state index is 10.7. The molecule has 0 aromatic rings. The van der Waals surface area contributed by atoms with Crippen molar-refractivity contribution in [2.45, 2.75) is 38.8 Å². The third kappa shape index (κ3) is 4.85. The minimum Gasteiger partial charge on any atom is -0.480 e. The van der Waals surface area contributed by atoms with Crippen LogP contribution in [0.3, 0.4) is 0 Å². The van der Waals surface area contributed by atoms with Gasteiger partial charge in [0.15, 0.2) is 0 Å². The number of hydrogen-bond donors (Lipinski definition) is 2. The van der Waals surface area contributed by atoms with Crippen molar-refractivity contribution in [3.63, 3.8) is 0 Å². The Morgan fingerprint density at radius 2 is 2.00 bits per heavy atom. The van der Waals surface area contributed by atoms with E-state index in [4.69, 9.17) is 9.84 Å². The highest BCUT2D eigenvalue weighted by molar-refractivity contribution is 5.73. The summed E-state index contributed by atoms with van der Waals surface area (Å²) >= 11 is 0. The van der Waals surface area contributed by atoms with Gasteiger partial charge in [-0.15, -0.1) is 0 Å². The molecule has 0 bridgehead atoms. The van der Waals surface area contributed by atoms with Crippen LogP contribution in [-0.2, 0) is 9.53 Å². The molecule has 0 aliphatic heterocycles. The number of carbonyl (C=O) groups is 1. The molecule has 0 fully saturated rings. The first-order valence-corrected chi connectivity index (χ1v) is 4.63. The summed E-state index contributed by atoms with van der Waals surface area (Å²) in [6.45, 7) is 4.28. The monoisotopic (exact) mass is 189 g/mol. The molecule has 0 saturated carbocycles. The van der Waals surface area contributed by atoms with E-state index >= 15 is 0 Å². The van der Waals surface area contributed by atoms with E-state index in [-0.39, 0.29) is 12.6 Å². The standard InChI is InChI=1S/C9H19NO3/c1-4-7(5-2)10-8(6-13-3)9(11)12/h7-8,10H,4-6H2,1-3H3,(H,11,12). The van der Waals surface area contributed by atoms with Crippen LogP contribution in [0, 0.1) is 0 Å². The Kier molecular flexibility index (Phi) is 6.54. The topological polar surface area (TPSA) is 58.6 Å². The fourth-order valence-electron chi connectivity index (χ4n) is 1.17. The molecule has 0 aromatic heterocycles. The van der Waals surface area contributed by atoms with Gasteiger partial charge < -0.3 is 9.84 Å². The molecule has 0 aliphatic rings. The van der Waals surface area contributed by atoms with Gasteiger partial charge in [-0.25, -0.2) is 0 Å². The van der Waals surface area contributed by atoms with E-state index in [0.29, 0.717) is 0 Å². The second-order valence-corrected chi connectivity index (χ2v) is 3.03. The smallest absolute Gasteiger partial charge is 0.323 e. The van der Waals surface area contributed by atoms with Gasteiger partial charge >= 0.3 is 5.97 Å². The molecule has 4 heteroatoms. The van der Waals surface area contributed by atoms with Crippen molar-refractivity contribution in [3.8, 4) is 0 Å². The van der Waals surface area contributed by atoms with Crippen LogP contribution in [0.25, 0.3) is 0 Å². The highest BCUT2D eigenvalue weighted by Gasteiger charge is 2.19. The molecule has 0 spiro atoms. The highest BCUT2D eigenvalue weighted by Crippen LogP contribution is 1.99. The van der Waals surface area contributed by atoms with Gasteiger partial charge in [-0.3, -0.25) is 10.1 Å². The van der Waals surface area contributed by atoms with Gasteiger partial charge in [0.1, 0.15) is 6.04 Å². The van der Waals surface area contributed by atoms with Gasteiger partial charge in [0, 0.05) is 13.2 Å². The van der Waals surface area contributed by atoms with Gasteiger partial charge in [0.2, 0.25) is 0 Å². The molecule has 13 heavy (non-hydrogen) atoms. The van der Waals surface area contributed by atoms with Crippen LogP contribution >= 0.6 is 0 Å². The first kappa shape index (κ1) is 12.4. The summed E-state index contributed by atoms with van der Waals surface area (Å²) in [6, 6.07) is -0.328. The largest absolute Gasteiger partial charge is 0.480 e. The van der Waals surface area contributed by atoms with E-state index in [2.05, 4.69) is 5.32 Å². The number of methoxy groups -OCH3 is 1. The Morgan fingerprint density at radius 3 is 2.31 bits per heavy atom. The summed E-state index contributed by atoms with van der Waals surface area (Å²) in [5.74, 6) is -0.853. The van der Waals surface area contributed by atoms with Crippen LogP contribution in [0.5, 0.6) is 0 Å². The number of nitrogens with one attached hydrogen (secondary N) is 1. The Morgan fingerprint density at radius 1 is 1.46 bits per heavy atom. The molecular weight excluding hydrogens is 170 g/mol. The second kappa shape index (κ2) is 6.86. The minimum atomic E-state index is -0.853. The van der Waals surface area contributed by atoms with E-state index in [9.17, 15) is 4.79 Å². The van der Waals surface area contributed by atoms with Crippen LogP contribution < -0.4 is 5.32 Å². The Hall–Kier alpha value is -0.610. The van der Waals surface area contributed by atoms with Crippen LogP contribution in [0.15, 0.2) is 0 Å². The Labute approximate surface area is 79.3 Å². The number of rotatable bonds is 7. The van der Waals surface area contributed by atoms with Crippen LogP contribution in [-0.4, -0.2) is 36.9 Å². The van der Waals surface area contributed by atoms with Crippen molar-refractivity contribution >= 4 is 5.97 Å². The van der Waals surface area contributed by atoms with Gasteiger partial charge in [-0.05, 0) is 12.8 Å². The van der Waals surface area contributed by atoms with Crippen LogP contribution in [0.4, 0.5) is 0 Å². The lowest BCUT2D eigenvalue weighted by Crippen LogP contribution is -2.45. The van der Waals surface area contributed by atoms with E-state index in [0.717, 1.165) is 12.8 Å². The molecule has 0 aromatic carbocycles. The number of hydrogen-bond acceptors (Lipinski definition) is 3. The number of carboxylic acids is 1. The van der Waals surface area contributed by atoms with Gasteiger partial charge in [-0.1, -0.05) is 13.8 Å². The number of aliphatic carboxylic acids is 1. The first-order chi connectivity index (χ1) is 6.15. The third-order valence-electron chi connectivity index (χ3n) is 2.05. The molecule has 0 aliphatic carbocycles. The summed E-state index contributed by atoms with van der Waals surface area (Å²) in [7, 11) is 1.50.